The molecule has 0 aliphatic rings. The van der Waals surface area contributed by atoms with E-state index in [1.165, 1.54) is 24.5 Å². The fraction of sp³-hybridized carbons (Fsp3) is 0.182. The molecule has 10 heteroatoms. The molecule has 0 spiro atoms. The summed E-state index contributed by atoms with van der Waals surface area (Å²) in [6.45, 7) is 0.306. The van der Waals surface area contributed by atoms with Gasteiger partial charge in [-0.1, -0.05) is 6.07 Å². The second-order valence-electron chi connectivity index (χ2n) is 4.04. The van der Waals surface area contributed by atoms with Gasteiger partial charge in [-0.2, -0.15) is 5.10 Å². The summed E-state index contributed by atoms with van der Waals surface area (Å²) in [6.07, 6.45) is 1.83. The number of nitrogen functional groups attached to an aromatic ring is 1. The number of nitrogens with two attached hydrogens (primary N) is 1. The summed E-state index contributed by atoms with van der Waals surface area (Å²) in [7, 11) is 0. The van der Waals surface area contributed by atoms with E-state index in [1.807, 2.05) is 0 Å². The zero-order valence-corrected chi connectivity index (χ0v) is 10.9. The lowest BCUT2D eigenvalue weighted by Gasteiger charge is -2.09. The molecule has 0 radical (unpaired) electrons. The number of carbonyl (C=O) groups excluding carboxylic acids is 1. The van der Waals surface area contributed by atoms with Gasteiger partial charge in [0.1, 0.15) is 17.8 Å². The van der Waals surface area contributed by atoms with Gasteiger partial charge in [-0.15, -0.1) is 0 Å². The van der Waals surface area contributed by atoms with Crippen LogP contribution in [-0.4, -0.2) is 32.6 Å². The molecule has 2 rings (SSSR count). The molecular formula is C11H13N7O3. The van der Waals surface area contributed by atoms with Crippen LogP contribution in [0.1, 0.15) is 16.2 Å². The van der Waals surface area contributed by atoms with Crippen LogP contribution in [0, 0.1) is 10.1 Å². The van der Waals surface area contributed by atoms with Crippen molar-refractivity contribution in [2.24, 2.45) is 5.84 Å². The molecule has 0 fully saturated rings. The van der Waals surface area contributed by atoms with Crippen molar-refractivity contribution >= 4 is 17.3 Å². The molecule has 0 bridgehead atoms. The number of carbonyl (C=O) groups is 1. The van der Waals surface area contributed by atoms with Gasteiger partial charge >= 0.3 is 0 Å². The smallest absolute Gasteiger partial charge is 0.294 e. The quantitative estimate of drug-likeness (QED) is 0.331. The number of nitro benzene ring substituents is 1. The Bertz CT molecular complexity index is 641. The number of benzene rings is 1. The highest BCUT2D eigenvalue weighted by Gasteiger charge is 2.20. The Morgan fingerprint density at radius 1 is 1.48 bits per heavy atom. The zero-order chi connectivity index (χ0) is 15.2. The number of amides is 1. The Morgan fingerprint density at radius 2 is 2.29 bits per heavy atom. The van der Waals surface area contributed by atoms with Gasteiger partial charge in [0.25, 0.3) is 11.6 Å². The third-order valence-corrected chi connectivity index (χ3v) is 2.74. The predicted octanol–water partition coefficient (Wildman–Crippen LogP) is -0.0290. The van der Waals surface area contributed by atoms with Crippen LogP contribution in [0.4, 0.5) is 11.4 Å². The minimum absolute atomic E-state index is 0.0281. The Morgan fingerprint density at radius 3 is 2.90 bits per heavy atom. The maximum atomic E-state index is 12.1. The van der Waals surface area contributed by atoms with Crippen molar-refractivity contribution in [3.63, 3.8) is 0 Å². The molecule has 21 heavy (non-hydrogen) atoms. The van der Waals surface area contributed by atoms with Crippen LogP contribution in [0.25, 0.3) is 0 Å². The summed E-state index contributed by atoms with van der Waals surface area (Å²) in [5.74, 6) is 5.44. The molecule has 110 valence electrons. The van der Waals surface area contributed by atoms with E-state index >= 15 is 0 Å². The van der Waals surface area contributed by atoms with E-state index in [9.17, 15) is 14.9 Å². The summed E-state index contributed by atoms with van der Waals surface area (Å²) in [5.41, 5.74) is 2.01. The lowest BCUT2D eigenvalue weighted by Crippen LogP contribution is -2.27. The second kappa shape index (κ2) is 6.43. The number of hydrogen-bond acceptors (Lipinski definition) is 7. The van der Waals surface area contributed by atoms with E-state index in [0.717, 1.165) is 0 Å². The molecule has 1 aromatic heterocycles. The number of nitrogens with one attached hydrogen (secondary N) is 3. The molecule has 10 nitrogen and oxygen atoms in total. The highest BCUT2D eigenvalue weighted by molar-refractivity contribution is 6.01. The van der Waals surface area contributed by atoms with Crippen molar-refractivity contribution < 1.29 is 9.72 Å². The molecule has 5 N–H and O–H groups in total. The van der Waals surface area contributed by atoms with Crippen LogP contribution in [0.3, 0.4) is 0 Å². The summed E-state index contributed by atoms with van der Waals surface area (Å²) in [4.78, 5) is 26.2. The van der Waals surface area contributed by atoms with E-state index in [4.69, 9.17) is 5.84 Å². The van der Waals surface area contributed by atoms with Crippen molar-refractivity contribution in [2.45, 2.75) is 6.42 Å². The van der Waals surface area contributed by atoms with Crippen LogP contribution < -0.4 is 16.6 Å². The first-order valence-electron chi connectivity index (χ1n) is 6.00. The lowest BCUT2D eigenvalue weighted by molar-refractivity contribution is -0.384. The number of rotatable bonds is 6. The third-order valence-electron chi connectivity index (χ3n) is 2.74. The average molecular weight is 291 g/mol. The van der Waals surface area contributed by atoms with Crippen molar-refractivity contribution in [3.8, 4) is 0 Å². The standard InChI is InChI=1S/C11H13N7O3/c12-16-10-7(2-1-3-8(10)18(20)21)11(19)13-5-4-9-14-6-15-17-9/h1-3,6,16H,4-5,12H2,(H,13,19)(H,14,15,17). The number of aromatic amines is 1. The zero-order valence-electron chi connectivity index (χ0n) is 10.9. The topological polar surface area (TPSA) is 152 Å². The average Bonchev–Trinajstić information content (AvgIpc) is 2.99. The van der Waals surface area contributed by atoms with Crippen LogP contribution in [0.2, 0.25) is 0 Å². The third kappa shape index (κ3) is 3.30. The summed E-state index contributed by atoms with van der Waals surface area (Å²) in [5, 5.41) is 19.9. The molecule has 1 aromatic carbocycles. The SMILES string of the molecule is NNc1c(C(=O)NCCc2ncn[nH]2)cccc1[N+](=O)[O-]. The Hall–Kier alpha value is -3.01. The molecule has 0 aliphatic heterocycles. The molecule has 0 saturated carbocycles. The molecule has 0 unspecified atom stereocenters. The first-order valence-corrected chi connectivity index (χ1v) is 6.00. The number of aromatic nitrogens is 3. The molecule has 2 aromatic rings. The normalized spacial score (nSPS) is 10.1. The monoisotopic (exact) mass is 291 g/mol. The highest BCUT2D eigenvalue weighted by atomic mass is 16.6. The number of hydrazine groups is 1. The van der Waals surface area contributed by atoms with Crippen molar-refractivity contribution in [2.75, 3.05) is 12.0 Å². The van der Waals surface area contributed by atoms with E-state index < -0.39 is 10.8 Å². The van der Waals surface area contributed by atoms with E-state index in [0.29, 0.717) is 18.8 Å². The Kier molecular flexibility index (Phi) is 4.41. The molecule has 1 amide bonds. The van der Waals surface area contributed by atoms with Gasteiger partial charge in [0.2, 0.25) is 0 Å². The number of para-hydroxylation sites is 1. The molecule has 1 heterocycles. The van der Waals surface area contributed by atoms with E-state index in [1.54, 1.807) is 0 Å². The number of hydrogen-bond donors (Lipinski definition) is 4. The van der Waals surface area contributed by atoms with Crippen molar-refractivity contribution in [1.29, 1.82) is 0 Å². The number of nitrogens with zero attached hydrogens (tertiary/aromatic N) is 3. The minimum Gasteiger partial charge on any atom is -0.352 e. The second-order valence-corrected chi connectivity index (χ2v) is 4.04. The number of H-pyrrole nitrogens is 1. The fourth-order valence-electron chi connectivity index (χ4n) is 1.77. The number of nitro groups is 1. The Balaban J connectivity index is 2.08. The molecule has 0 aliphatic carbocycles. The summed E-state index contributed by atoms with van der Waals surface area (Å²) < 4.78 is 0. The van der Waals surface area contributed by atoms with Gasteiger partial charge in [0.05, 0.1) is 10.5 Å². The highest BCUT2D eigenvalue weighted by Crippen LogP contribution is 2.27. The fourth-order valence-corrected chi connectivity index (χ4v) is 1.77. The first kappa shape index (κ1) is 14.4. The summed E-state index contributed by atoms with van der Waals surface area (Å²) in [6, 6.07) is 4.14. The van der Waals surface area contributed by atoms with Crippen LogP contribution >= 0.6 is 0 Å². The van der Waals surface area contributed by atoms with Gasteiger partial charge in [-0.05, 0) is 6.07 Å². The van der Waals surface area contributed by atoms with Crippen LogP contribution in [0.5, 0.6) is 0 Å². The van der Waals surface area contributed by atoms with E-state index in [-0.39, 0.29) is 16.9 Å². The van der Waals surface area contributed by atoms with Gasteiger partial charge in [0, 0.05) is 19.0 Å². The van der Waals surface area contributed by atoms with Gasteiger partial charge < -0.3 is 10.7 Å². The molecule has 0 atom stereocenters. The summed E-state index contributed by atoms with van der Waals surface area (Å²) >= 11 is 0. The Labute approximate surface area is 118 Å². The van der Waals surface area contributed by atoms with E-state index in [2.05, 4.69) is 25.9 Å². The minimum atomic E-state index is -0.611. The number of anilines is 1. The van der Waals surface area contributed by atoms with Crippen molar-refractivity contribution in [3.05, 3.63) is 46.0 Å². The lowest BCUT2D eigenvalue weighted by atomic mass is 10.1. The van der Waals surface area contributed by atoms with Gasteiger partial charge in [0.15, 0.2) is 0 Å². The molecule has 0 saturated heterocycles. The maximum Gasteiger partial charge on any atom is 0.294 e. The van der Waals surface area contributed by atoms with Gasteiger partial charge in [-0.3, -0.25) is 25.9 Å². The van der Waals surface area contributed by atoms with Crippen molar-refractivity contribution in [1.82, 2.24) is 20.5 Å². The first-order chi connectivity index (χ1) is 10.1. The van der Waals surface area contributed by atoms with Gasteiger partial charge in [-0.25, -0.2) is 4.98 Å². The van der Waals surface area contributed by atoms with Crippen LogP contribution in [-0.2, 0) is 6.42 Å². The van der Waals surface area contributed by atoms with Crippen LogP contribution in [0.15, 0.2) is 24.5 Å². The predicted molar refractivity (Wildman–Crippen MR) is 73.3 cm³/mol. The molecular weight excluding hydrogens is 278 g/mol. The maximum absolute atomic E-state index is 12.1. The largest absolute Gasteiger partial charge is 0.352 e.